The van der Waals surface area contributed by atoms with Gasteiger partial charge in [0.1, 0.15) is 0 Å². The van der Waals surface area contributed by atoms with Crippen LogP contribution in [0, 0.1) is 0 Å². The fraction of sp³-hybridized carbons (Fsp3) is 0.263. The Kier molecular flexibility index (Phi) is 5.00. The van der Waals surface area contributed by atoms with E-state index in [9.17, 15) is 10.2 Å². The van der Waals surface area contributed by atoms with Crippen molar-refractivity contribution in [3.8, 4) is 0 Å². The van der Waals surface area contributed by atoms with Crippen molar-refractivity contribution in [3.63, 3.8) is 0 Å². The number of aliphatic hydroxyl groups excluding tert-OH is 2. The van der Waals surface area contributed by atoms with Crippen LogP contribution in [0.25, 0.3) is 21.5 Å². The monoisotopic (exact) mass is 363 g/mol. The Morgan fingerprint density at radius 2 is 1.38 bits per heavy atom. The van der Waals surface area contributed by atoms with Crippen LogP contribution < -0.4 is 5.32 Å². The van der Waals surface area contributed by atoms with Crippen LogP contribution in [0.4, 0.5) is 0 Å². The molecule has 0 atom stereocenters. The van der Waals surface area contributed by atoms with E-state index in [0.29, 0.717) is 16.6 Å². The van der Waals surface area contributed by atoms with E-state index in [1.54, 1.807) is 6.92 Å². The lowest BCUT2D eigenvalue weighted by atomic mass is 9.95. The SMILES string of the molecule is CC(CO)(CO)NCc1c2cccc(Cl)c2cc2c(Cl)cccc12. The normalized spacial score (nSPS) is 12.2. The molecule has 0 radical (unpaired) electrons. The smallest absolute Gasteiger partial charge is 0.0633 e. The summed E-state index contributed by atoms with van der Waals surface area (Å²) in [6.07, 6.45) is 0. The maximum atomic E-state index is 9.51. The molecule has 24 heavy (non-hydrogen) atoms. The molecule has 0 saturated carbocycles. The number of rotatable bonds is 5. The van der Waals surface area contributed by atoms with Gasteiger partial charge in [0.25, 0.3) is 0 Å². The van der Waals surface area contributed by atoms with Crippen molar-refractivity contribution in [1.29, 1.82) is 0 Å². The summed E-state index contributed by atoms with van der Waals surface area (Å²) >= 11 is 12.8. The molecule has 0 heterocycles. The maximum Gasteiger partial charge on any atom is 0.0633 e. The Morgan fingerprint density at radius 3 is 1.83 bits per heavy atom. The molecule has 126 valence electrons. The van der Waals surface area contributed by atoms with Crippen molar-refractivity contribution in [3.05, 3.63) is 58.1 Å². The fourth-order valence-electron chi connectivity index (χ4n) is 2.84. The molecular weight excluding hydrogens is 345 g/mol. The second-order valence-corrected chi connectivity index (χ2v) is 7.07. The molecule has 0 fully saturated rings. The predicted octanol–water partition coefficient (Wildman–Crippen LogP) is 4.13. The average molecular weight is 364 g/mol. The van der Waals surface area contributed by atoms with Gasteiger partial charge in [-0.15, -0.1) is 0 Å². The first-order valence-electron chi connectivity index (χ1n) is 7.74. The maximum absolute atomic E-state index is 9.51. The van der Waals surface area contributed by atoms with Gasteiger partial charge in [0.2, 0.25) is 0 Å². The van der Waals surface area contributed by atoms with Crippen LogP contribution in [-0.2, 0) is 6.54 Å². The summed E-state index contributed by atoms with van der Waals surface area (Å²) in [4.78, 5) is 0. The fourth-order valence-corrected chi connectivity index (χ4v) is 3.30. The molecule has 0 aliphatic carbocycles. The summed E-state index contributed by atoms with van der Waals surface area (Å²) in [5.74, 6) is 0. The highest BCUT2D eigenvalue weighted by Gasteiger charge is 2.22. The van der Waals surface area contributed by atoms with E-state index < -0.39 is 5.54 Å². The Labute approximate surface area is 150 Å². The topological polar surface area (TPSA) is 52.5 Å². The lowest BCUT2D eigenvalue weighted by molar-refractivity contribution is 0.103. The highest BCUT2D eigenvalue weighted by atomic mass is 35.5. The van der Waals surface area contributed by atoms with Crippen molar-refractivity contribution in [2.45, 2.75) is 19.0 Å². The third-order valence-corrected chi connectivity index (χ3v) is 5.09. The summed E-state index contributed by atoms with van der Waals surface area (Å²) in [6, 6.07) is 13.6. The Hall–Kier alpha value is -1.36. The van der Waals surface area contributed by atoms with Crippen molar-refractivity contribution < 1.29 is 10.2 Å². The highest BCUT2D eigenvalue weighted by Crippen LogP contribution is 2.35. The van der Waals surface area contributed by atoms with Gasteiger partial charge in [-0.2, -0.15) is 0 Å². The van der Waals surface area contributed by atoms with Gasteiger partial charge in [0.15, 0.2) is 0 Å². The van der Waals surface area contributed by atoms with E-state index in [2.05, 4.69) is 5.32 Å². The van der Waals surface area contributed by atoms with Gasteiger partial charge >= 0.3 is 0 Å². The highest BCUT2D eigenvalue weighted by molar-refractivity contribution is 6.38. The zero-order valence-electron chi connectivity index (χ0n) is 13.3. The van der Waals surface area contributed by atoms with Gasteiger partial charge in [-0.25, -0.2) is 0 Å². The summed E-state index contributed by atoms with van der Waals surface area (Å²) in [5, 5.41) is 27.5. The van der Waals surface area contributed by atoms with E-state index in [0.717, 1.165) is 27.1 Å². The van der Waals surface area contributed by atoms with Crippen molar-refractivity contribution in [2.75, 3.05) is 13.2 Å². The average Bonchev–Trinajstić information content (AvgIpc) is 2.60. The second-order valence-electron chi connectivity index (χ2n) is 6.26. The molecule has 0 bridgehead atoms. The number of hydrogen-bond acceptors (Lipinski definition) is 3. The zero-order valence-corrected chi connectivity index (χ0v) is 14.8. The first-order chi connectivity index (χ1) is 11.5. The standard InChI is InChI=1S/C19H19Cl2NO2/c1-19(10-23,11-24)22-9-16-12-4-2-6-17(20)14(12)8-15-13(16)5-3-7-18(15)21/h2-8,22-24H,9-11H2,1H3. The van der Waals surface area contributed by atoms with Gasteiger partial charge < -0.3 is 15.5 Å². The Bertz CT molecular complexity index is 831. The molecule has 3 N–H and O–H groups in total. The van der Waals surface area contributed by atoms with Crippen LogP contribution in [0.3, 0.4) is 0 Å². The van der Waals surface area contributed by atoms with E-state index in [4.69, 9.17) is 23.2 Å². The molecule has 0 unspecified atom stereocenters. The molecule has 0 saturated heterocycles. The van der Waals surface area contributed by atoms with Gasteiger partial charge in [-0.05, 0) is 41.5 Å². The zero-order chi connectivity index (χ0) is 17.3. The Morgan fingerprint density at radius 1 is 0.875 bits per heavy atom. The number of nitrogens with one attached hydrogen (secondary N) is 1. The third kappa shape index (κ3) is 3.10. The molecule has 0 aliphatic heterocycles. The van der Waals surface area contributed by atoms with E-state index in [-0.39, 0.29) is 13.2 Å². The number of hydrogen-bond donors (Lipinski definition) is 3. The molecule has 3 aromatic rings. The molecule has 3 aromatic carbocycles. The summed E-state index contributed by atoms with van der Waals surface area (Å²) in [5.41, 5.74) is 0.284. The van der Waals surface area contributed by atoms with Crippen LogP contribution in [0.15, 0.2) is 42.5 Å². The Balaban J connectivity index is 2.22. The van der Waals surface area contributed by atoms with Crippen LogP contribution in [0.2, 0.25) is 10.0 Å². The molecule has 3 rings (SSSR count). The van der Waals surface area contributed by atoms with Crippen LogP contribution in [0.5, 0.6) is 0 Å². The largest absolute Gasteiger partial charge is 0.394 e. The molecule has 0 spiro atoms. The van der Waals surface area contributed by atoms with Gasteiger partial charge in [0.05, 0.1) is 18.8 Å². The summed E-state index contributed by atoms with van der Waals surface area (Å²) in [7, 11) is 0. The number of fused-ring (bicyclic) bond motifs is 2. The van der Waals surface area contributed by atoms with Gasteiger partial charge in [0, 0.05) is 27.4 Å². The van der Waals surface area contributed by atoms with Crippen molar-refractivity contribution in [1.82, 2.24) is 5.32 Å². The molecule has 0 aliphatic rings. The van der Waals surface area contributed by atoms with E-state index in [1.165, 1.54) is 0 Å². The molecule has 0 amide bonds. The third-order valence-electron chi connectivity index (χ3n) is 4.43. The molecule has 3 nitrogen and oxygen atoms in total. The number of halogens is 2. The lowest BCUT2D eigenvalue weighted by Gasteiger charge is -2.27. The minimum atomic E-state index is -0.758. The minimum absolute atomic E-state index is 0.159. The number of aliphatic hydroxyl groups is 2. The summed E-state index contributed by atoms with van der Waals surface area (Å²) < 4.78 is 0. The van der Waals surface area contributed by atoms with Crippen LogP contribution in [0.1, 0.15) is 12.5 Å². The lowest BCUT2D eigenvalue weighted by Crippen LogP contribution is -2.48. The van der Waals surface area contributed by atoms with Crippen molar-refractivity contribution in [2.24, 2.45) is 0 Å². The quantitative estimate of drug-likeness (QED) is 0.597. The van der Waals surface area contributed by atoms with Crippen molar-refractivity contribution >= 4 is 44.7 Å². The van der Waals surface area contributed by atoms with E-state index in [1.807, 2.05) is 42.5 Å². The van der Waals surface area contributed by atoms with Gasteiger partial charge in [-0.3, -0.25) is 0 Å². The first kappa shape index (κ1) is 17.5. The summed E-state index contributed by atoms with van der Waals surface area (Å²) in [6.45, 7) is 1.94. The van der Waals surface area contributed by atoms with E-state index >= 15 is 0 Å². The van der Waals surface area contributed by atoms with Crippen LogP contribution in [-0.4, -0.2) is 29.0 Å². The molecule has 5 heteroatoms. The predicted molar refractivity (Wildman–Crippen MR) is 101 cm³/mol. The van der Waals surface area contributed by atoms with Crippen LogP contribution >= 0.6 is 23.2 Å². The number of benzene rings is 3. The first-order valence-corrected chi connectivity index (χ1v) is 8.50. The molecular formula is C19H19Cl2NO2. The van der Waals surface area contributed by atoms with Gasteiger partial charge in [-0.1, -0.05) is 47.5 Å². The molecule has 0 aromatic heterocycles. The second kappa shape index (κ2) is 6.87. The minimum Gasteiger partial charge on any atom is -0.394 e.